The van der Waals surface area contributed by atoms with Crippen molar-refractivity contribution in [2.24, 2.45) is 0 Å². The van der Waals surface area contributed by atoms with Crippen LogP contribution in [0.3, 0.4) is 0 Å². The number of aryl methyl sites for hydroxylation is 2. The lowest BCUT2D eigenvalue weighted by Gasteiger charge is -2.31. The molecule has 1 atom stereocenters. The number of nitrogens with one attached hydrogen (secondary N) is 1. The summed E-state index contributed by atoms with van der Waals surface area (Å²) in [5, 5.41) is 7.48. The molecular weight excluding hydrogens is 338 g/mol. The zero-order valence-corrected chi connectivity index (χ0v) is 16.1. The van der Waals surface area contributed by atoms with Gasteiger partial charge in [0.15, 0.2) is 5.65 Å². The molecule has 0 radical (unpaired) electrons. The monoisotopic (exact) mass is 363 g/mol. The zero-order chi connectivity index (χ0) is 19.0. The third kappa shape index (κ3) is 3.71. The molecule has 1 N–H and O–H groups in total. The molecule has 2 aromatic heterocycles. The van der Waals surface area contributed by atoms with Gasteiger partial charge in [-0.15, -0.1) is 0 Å². The van der Waals surface area contributed by atoms with Gasteiger partial charge in [0.25, 0.3) is 5.91 Å². The van der Waals surface area contributed by atoms with Crippen LogP contribution in [0, 0.1) is 13.8 Å². The van der Waals surface area contributed by atoms with Gasteiger partial charge in [0, 0.05) is 37.4 Å². The van der Waals surface area contributed by atoms with E-state index in [1.54, 1.807) is 10.6 Å². The lowest BCUT2D eigenvalue weighted by Crippen LogP contribution is -2.43. The number of rotatable bonds is 4. The minimum atomic E-state index is -0.135. The molecule has 4 rings (SSSR count). The fourth-order valence-electron chi connectivity index (χ4n) is 3.80. The number of carbonyl (C=O) groups excluding carboxylic acids is 1. The molecule has 0 bridgehead atoms. The van der Waals surface area contributed by atoms with E-state index >= 15 is 0 Å². The van der Waals surface area contributed by atoms with Crippen LogP contribution in [0.4, 0.5) is 0 Å². The van der Waals surface area contributed by atoms with Crippen LogP contribution in [0.25, 0.3) is 5.65 Å². The third-order valence-corrected chi connectivity index (χ3v) is 5.08. The van der Waals surface area contributed by atoms with E-state index in [0.717, 1.165) is 37.4 Å². The normalized spacial score (nSPS) is 15.5. The summed E-state index contributed by atoms with van der Waals surface area (Å²) in [7, 11) is 0. The molecule has 1 aliphatic rings. The first-order valence-corrected chi connectivity index (χ1v) is 9.43. The molecule has 0 aliphatic carbocycles. The smallest absolute Gasteiger partial charge is 0.270 e. The van der Waals surface area contributed by atoms with E-state index in [9.17, 15) is 4.79 Å². The van der Waals surface area contributed by atoms with Crippen LogP contribution in [-0.4, -0.2) is 44.5 Å². The SMILES string of the molecule is Cc1cc2nc(C(=O)NC(C)CN3CCc4ccccc4C3)cc(C)n2n1. The van der Waals surface area contributed by atoms with Crippen LogP contribution in [0.1, 0.15) is 39.9 Å². The largest absolute Gasteiger partial charge is 0.347 e. The van der Waals surface area contributed by atoms with Gasteiger partial charge in [0.05, 0.1) is 5.69 Å². The molecular formula is C21H25N5O. The molecule has 0 spiro atoms. The lowest BCUT2D eigenvalue weighted by molar-refractivity contribution is 0.0922. The van der Waals surface area contributed by atoms with Crippen molar-refractivity contribution in [3.63, 3.8) is 0 Å². The van der Waals surface area contributed by atoms with Crippen LogP contribution in [0.2, 0.25) is 0 Å². The Bertz CT molecular complexity index is 993. The summed E-state index contributed by atoms with van der Waals surface area (Å²) in [6, 6.07) is 12.3. The van der Waals surface area contributed by atoms with Crippen molar-refractivity contribution in [1.29, 1.82) is 0 Å². The van der Waals surface area contributed by atoms with Crippen molar-refractivity contribution < 1.29 is 4.79 Å². The van der Waals surface area contributed by atoms with Gasteiger partial charge in [-0.3, -0.25) is 9.69 Å². The number of nitrogens with zero attached hydrogens (tertiary/aromatic N) is 4. The van der Waals surface area contributed by atoms with Crippen LogP contribution in [0.15, 0.2) is 36.4 Å². The molecule has 0 saturated carbocycles. The predicted octanol–water partition coefficient (Wildman–Crippen LogP) is 2.52. The Balaban J connectivity index is 1.41. The Kier molecular flexibility index (Phi) is 4.66. The van der Waals surface area contributed by atoms with Gasteiger partial charge < -0.3 is 5.32 Å². The molecule has 3 heterocycles. The molecule has 1 unspecified atom stereocenters. The maximum Gasteiger partial charge on any atom is 0.270 e. The van der Waals surface area contributed by atoms with Gasteiger partial charge >= 0.3 is 0 Å². The summed E-state index contributed by atoms with van der Waals surface area (Å²) in [6.07, 6.45) is 1.06. The zero-order valence-electron chi connectivity index (χ0n) is 16.1. The van der Waals surface area contributed by atoms with Crippen molar-refractivity contribution in [3.05, 3.63) is 64.6 Å². The number of amides is 1. The minimum absolute atomic E-state index is 0.0488. The summed E-state index contributed by atoms with van der Waals surface area (Å²) in [6.45, 7) is 8.70. The summed E-state index contributed by atoms with van der Waals surface area (Å²) in [5.74, 6) is -0.135. The number of aromatic nitrogens is 3. The highest BCUT2D eigenvalue weighted by molar-refractivity contribution is 5.93. The van der Waals surface area contributed by atoms with Crippen molar-refractivity contribution in [1.82, 2.24) is 24.8 Å². The molecule has 27 heavy (non-hydrogen) atoms. The van der Waals surface area contributed by atoms with E-state index in [2.05, 4.69) is 44.6 Å². The quantitative estimate of drug-likeness (QED) is 0.774. The Morgan fingerprint density at radius 2 is 2.00 bits per heavy atom. The summed E-state index contributed by atoms with van der Waals surface area (Å²) in [4.78, 5) is 19.5. The van der Waals surface area contributed by atoms with Crippen molar-refractivity contribution >= 4 is 11.6 Å². The molecule has 140 valence electrons. The Morgan fingerprint density at radius 3 is 2.81 bits per heavy atom. The van der Waals surface area contributed by atoms with Gasteiger partial charge in [-0.05, 0) is 44.4 Å². The highest BCUT2D eigenvalue weighted by Crippen LogP contribution is 2.18. The summed E-state index contributed by atoms with van der Waals surface area (Å²) < 4.78 is 1.76. The number of carbonyl (C=O) groups is 1. The average molecular weight is 363 g/mol. The third-order valence-electron chi connectivity index (χ3n) is 5.08. The maximum absolute atomic E-state index is 12.7. The minimum Gasteiger partial charge on any atom is -0.347 e. The Morgan fingerprint density at radius 1 is 1.22 bits per heavy atom. The van der Waals surface area contributed by atoms with Gasteiger partial charge in [-0.25, -0.2) is 9.50 Å². The van der Waals surface area contributed by atoms with Crippen LogP contribution >= 0.6 is 0 Å². The first-order chi connectivity index (χ1) is 13.0. The van der Waals surface area contributed by atoms with Gasteiger partial charge in [-0.2, -0.15) is 5.10 Å². The first kappa shape index (κ1) is 17.7. The topological polar surface area (TPSA) is 62.5 Å². The fourth-order valence-corrected chi connectivity index (χ4v) is 3.80. The van der Waals surface area contributed by atoms with E-state index < -0.39 is 0 Å². The number of hydrogen-bond donors (Lipinski definition) is 1. The molecule has 0 saturated heterocycles. The van der Waals surface area contributed by atoms with E-state index in [0.29, 0.717) is 11.3 Å². The average Bonchev–Trinajstić information content (AvgIpc) is 3.02. The second-order valence-corrected chi connectivity index (χ2v) is 7.47. The van der Waals surface area contributed by atoms with Gasteiger partial charge in [0.2, 0.25) is 0 Å². The van der Waals surface area contributed by atoms with E-state index in [-0.39, 0.29) is 11.9 Å². The summed E-state index contributed by atoms with van der Waals surface area (Å²) >= 11 is 0. The van der Waals surface area contributed by atoms with Crippen LogP contribution in [0.5, 0.6) is 0 Å². The Labute approximate surface area is 159 Å². The van der Waals surface area contributed by atoms with E-state index in [1.165, 1.54) is 11.1 Å². The summed E-state index contributed by atoms with van der Waals surface area (Å²) in [5.41, 5.74) is 5.77. The molecule has 3 aromatic rings. The van der Waals surface area contributed by atoms with E-state index in [4.69, 9.17) is 0 Å². The standard InChI is InChI=1S/C21H25N5O/c1-14-10-20-23-19(11-16(3)26(20)24-14)21(27)22-15(2)12-25-9-8-17-6-4-5-7-18(17)13-25/h4-7,10-11,15H,8-9,12-13H2,1-3H3,(H,22,27). The lowest BCUT2D eigenvalue weighted by atomic mass is 10.00. The number of benzene rings is 1. The molecule has 1 aromatic carbocycles. The van der Waals surface area contributed by atoms with Crippen LogP contribution < -0.4 is 5.32 Å². The van der Waals surface area contributed by atoms with Crippen molar-refractivity contribution in [3.8, 4) is 0 Å². The molecule has 0 fully saturated rings. The highest BCUT2D eigenvalue weighted by Gasteiger charge is 2.19. The first-order valence-electron chi connectivity index (χ1n) is 9.43. The van der Waals surface area contributed by atoms with Crippen LogP contribution in [-0.2, 0) is 13.0 Å². The molecule has 1 amide bonds. The molecule has 6 nitrogen and oxygen atoms in total. The number of fused-ring (bicyclic) bond motifs is 2. The van der Waals surface area contributed by atoms with E-state index in [1.807, 2.05) is 26.8 Å². The number of hydrogen-bond acceptors (Lipinski definition) is 4. The van der Waals surface area contributed by atoms with Crippen molar-refractivity contribution in [2.45, 2.75) is 39.8 Å². The second-order valence-electron chi connectivity index (χ2n) is 7.47. The Hall–Kier alpha value is -2.73. The predicted molar refractivity (Wildman–Crippen MR) is 105 cm³/mol. The van der Waals surface area contributed by atoms with Gasteiger partial charge in [-0.1, -0.05) is 24.3 Å². The molecule has 1 aliphatic heterocycles. The highest BCUT2D eigenvalue weighted by atomic mass is 16.1. The second kappa shape index (κ2) is 7.12. The fraction of sp³-hybridized carbons (Fsp3) is 0.381. The molecule has 6 heteroatoms. The maximum atomic E-state index is 12.7. The van der Waals surface area contributed by atoms with Crippen molar-refractivity contribution in [2.75, 3.05) is 13.1 Å². The van der Waals surface area contributed by atoms with Gasteiger partial charge in [0.1, 0.15) is 5.69 Å².